The van der Waals surface area contributed by atoms with E-state index in [-0.39, 0.29) is 17.1 Å². The zero-order valence-electron chi connectivity index (χ0n) is 9.71. The van der Waals surface area contributed by atoms with Crippen LogP contribution in [0.25, 0.3) is 0 Å². The first-order valence-electron chi connectivity index (χ1n) is 5.88. The van der Waals surface area contributed by atoms with Crippen molar-refractivity contribution >= 4 is 40.9 Å². The lowest BCUT2D eigenvalue weighted by molar-refractivity contribution is -0.124. The van der Waals surface area contributed by atoms with Crippen LogP contribution in [-0.2, 0) is 4.79 Å². The van der Waals surface area contributed by atoms with Crippen LogP contribution in [0, 0.1) is 5.92 Å². The van der Waals surface area contributed by atoms with Gasteiger partial charge in [-0.15, -0.1) is 23.2 Å². The first-order valence-corrected chi connectivity index (χ1v) is 7.69. The van der Waals surface area contributed by atoms with E-state index in [0.29, 0.717) is 13.0 Å². The van der Waals surface area contributed by atoms with Crippen LogP contribution in [0.15, 0.2) is 0 Å². The van der Waals surface area contributed by atoms with E-state index in [9.17, 15) is 9.90 Å². The third-order valence-electron chi connectivity index (χ3n) is 3.52. The molecule has 2 aliphatic carbocycles. The Kier molecular flexibility index (Phi) is 3.89. The molecule has 0 aromatic heterocycles. The zero-order valence-corrected chi connectivity index (χ0v) is 12.0. The second-order valence-corrected chi connectivity index (χ2v) is 7.84. The lowest BCUT2D eigenvalue weighted by Gasteiger charge is -2.45. The minimum Gasteiger partial charge on any atom is -0.387 e. The molecule has 6 heteroatoms. The maximum absolute atomic E-state index is 11.7. The Morgan fingerprint density at radius 2 is 2.24 bits per heavy atom. The van der Waals surface area contributed by atoms with E-state index >= 15 is 0 Å². The number of rotatable bonds is 5. The number of alkyl halides is 2. The van der Waals surface area contributed by atoms with Crippen LogP contribution in [-0.4, -0.2) is 38.5 Å². The molecule has 3 nitrogen and oxygen atoms in total. The lowest BCUT2D eigenvalue weighted by atomic mass is 9.79. The van der Waals surface area contributed by atoms with Crippen molar-refractivity contribution in [2.75, 3.05) is 12.3 Å². The molecule has 2 aliphatic rings. The highest BCUT2D eigenvalue weighted by Gasteiger charge is 2.56. The molecule has 17 heavy (non-hydrogen) atoms. The van der Waals surface area contributed by atoms with Crippen molar-refractivity contribution in [1.82, 2.24) is 5.32 Å². The monoisotopic (exact) mass is 297 g/mol. The minimum atomic E-state index is -0.885. The topological polar surface area (TPSA) is 49.3 Å². The first-order chi connectivity index (χ1) is 7.89. The Morgan fingerprint density at radius 3 is 2.65 bits per heavy atom. The van der Waals surface area contributed by atoms with E-state index in [0.717, 1.165) is 18.6 Å². The summed E-state index contributed by atoms with van der Waals surface area (Å²) in [4.78, 5) is 11.7. The van der Waals surface area contributed by atoms with Gasteiger partial charge < -0.3 is 10.4 Å². The highest BCUT2D eigenvalue weighted by Crippen LogP contribution is 2.53. The lowest BCUT2D eigenvalue weighted by Crippen LogP contribution is -2.57. The van der Waals surface area contributed by atoms with Crippen molar-refractivity contribution in [3.63, 3.8) is 0 Å². The van der Waals surface area contributed by atoms with E-state index in [1.807, 2.05) is 0 Å². The predicted molar refractivity (Wildman–Crippen MR) is 71.7 cm³/mol. The number of aliphatic hydroxyl groups is 1. The molecule has 0 unspecified atom stereocenters. The summed E-state index contributed by atoms with van der Waals surface area (Å²) in [7, 11) is 0. The van der Waals surface area contributed by atoms with Gasteiger partial charge in [0, 0.05) is 11.8 Å². The molecule has 0 spiro atoms. The number of amides is 1. The summed E-state index contributed by atoms with van der Waals surface area (Å²) in [6, 6.07) is 0. The van der Waals surface area contributed by atoms with Gasteiger partial charge in [0.2, 0.25) is 5.91 Å². The van der Waals surface area contributed by atoms with E-state index in [2.05, 4.69) is 12.2 Å². The predicted octanol–water partition coefficient (Wildman–Crippen LogP) is 1.94. The summed E-state index contributed by atoms with van der Waals surface area (Å²) in [5, 5.41) is 13.3. The van der Waals surface area contributed by atoms with Gasteiger partial charge >= 0.3 is 0 Å². The number of halogens is 2. The van der Waals surface area contributed by atoms with Crippen LogP contribution in [0.5, 0.6) is 0 Å². The molecule has 2 saturated carbocycles. The van der Waals surface area contributed by atoms with Gasteiger partial charge in [-0.2, -0.15) is 11.8 Å². The van der Waals surface area contributed by atoms with Crippen molar-refractivity contribution in [2.24, 2.45) is 5.92 Å². The minimum absolute atomic E-state index is 0.143. The summed E-state index contributed by atoms with van der Waals surface area (Å²) in [6.07, 6.45) is 2.28. The van der Waals surface area contributed by atoms with Crippen LogP contribution < -0.4 is 5.32 Å². The molecule has 2 N–H and O–H groups in total. The molecule has 0 radical (unpaired) electrons. The van der Waals surface area contributed by atoms with Gasteiger partial charge in [-0.1, -0.05) is 6.92 Å². The SMILES string of the molecule is CCS[C@@H]1CC[C@]1(O)CNC(=O)[C@H]1CC1(Cl)Cl. The Morgan fingerprint density at radius 1 is 1.59 bits per heavy atom. The van der Waals surface area contributed by atoms with Crippen molar-refractivity contribution < 1.29 is 9.90 Å². The standard InChI is InChI=1S/C11H17Cl2NO2S/c1-2-17-8-3-4-10(8,16)6-14-9(15)7-5-11(7,12)13/h7-8,16H,2-6H2,1H3,(H,14,15)/t7-,8-,10+/m1/s1. The van der Waals surface area contributed by atoms with E-state index < -0.39 is 9.93 Å². The molecule has 0 saturated heterocycles. The summed E-state index contributed by atoms with van der Waals surface area (Å²) in [5.74, 6) is 0.526. The van der Waals surface area contributed by atoms with Crippen LogP contribution in [0.4, 0.5) is 0 Å². The van der Waals surface area contributed by atoms with Gasteiger partial charge in [0.25, 0.3) is 0 Å². The van der Waals surface area contributed by atoms with Gasteiger partial charge in [-0.05, 0) is 25.0 Å². The van der Waals surface area contributed by atoms with Gasteiger partial charge in [0.15, 0.2) is 0 Å². The number of nitrogens with one attached hydrogen (secondary N) is 1. The maximum Gasteiger partial charge on any atom is 0.226 e. The van der Waals surface area contributed by atoms with Crippen LogP contribution in [0.1, 0.15) is 26.2 Å². The summed E-state index contributed by atoms with van der Waals surface area (Å²) in [5.41, 5.74) is -0.744. The summed E-state index contributed by atoms with van der Waals surface area (Å²) >= 11 is 13.4. The number of hydrogen-bond donors (Lipinski definition) is 2. The average molecular weight is 298 g/mol. The van der Waals surface area contributed by atoms with Gasteiger partial charge in [0.1, 0.15) is 4.33 Å². The number of thioether (sulfide) groups is 1. The number of hydrogen-bond acceptors (Lipinski definition) is 3. The largest absolute Gasteiger partial charge is 0.387 e. The highest BCUT2D eigenvalue weighted by molar-refractivity contribution is 8.00. The van der Waals surface area contributed by atoms with Gasteiger partial charge in [-0.3, -0.25) is 4.79 Å². The third-order valence-corrected chi connectivity index (χ3v) is 5.76. The molecule has 0 aromatic rings. The van der Waals surface area contributed by atoms with Crippen molar-refractivity contribution in [1.29, 1.82) is 0 Å². The molecular weight excluding hydrogens is 281 g/mol. The molecular formula is C11H17Cl2NO2S. The maximum atomic E-state index is 11.7. The fourth-order valence-electron chi connectivity index (χ4n) is 2.10. The summed E-state index contributed by atoms with van der Waals surface area (Å²) in [6.45, 7) is 2.38. The van der Waals surface area contributed by atoms with E-state index in [1.54, 1.807) is 11.8 Å². The molecule has 98 valence electrons. The Balaban J connectivity index is 1.77. The fourth-order valence-corrected chi connectivity index (χ4v) is 3.80. The van der Waals surface area contributed by atoms with Crippen molar-refractivity contribution in [3.8, 4) is 0 Å². The fraction of sp³-hybridized carbons (Fsp3) is 0.909. The van der Waals surface area contributed by atoms with Crippen molar-refractivity contribution in [3.05, 3.63) is 0 Å². The smallest absolute Gasteiger partial charge is 0.226 e. The summed E-state index contributed by atoms with van der Waals surface area (Å²) < 4.78 is -0.885. The Bertz CT molecular complexity index is 327. The molecule has 0 aliphatic heterocycles. The van der Waals surface area contributed by atoms with Crippen LogP contribution in [0.2, 0.25) is 0 Å². The zero-order chi connectivity index (χ0) is 12.7. The second-order valence-electron chi connectivity index (χ2n) is 4.82. The average Bonchev–Trinajstić information content (AvgIpc) is 2.90. The van der Waals surface area contributed by atoms with Crippen LogP contribution in [0.3, 0.4) is 0 Å². The molecule has 0 aromatic carbocycles. The Hall–Kier alpha value is 0.360. The molecule has 0 heterocycles. The van der Waals surface area contributed by atoms with Gasteiger partial charge in [0.05, 0.1) is 11.5 Å². The van der Waals surface area contributed by atoms with E-state index in [1.165, 1.54) is 0 Å². The first kappa shape index (κ1) is 13.8. The Labute approximate surface area is 116 Å². The van der Waals surface area contributed by atoms with Gasteiger partial charge in [-0.25, -0.2) is 0 Å². The highest BCUT2D eigenvalue weighted by atomic mass is 35.5. The molecule has 3 atom stereocenters. The molecule has 0 bridgehead atoms. The van der Waals surface area contributed by atoms with Crippen molar-refractivity contribution in [2.45, 2.75) is 41.4 Å². The molecule has 1 amide bonds. The molecule has 2 rings (SSSR count). The molecule has 2 fully saturated rings. The second kappa shape index (κ2) is 4.80. The van der Waals surface area contributed by atoms with E-state index in [4.69, 9.17) is 23.2 Å². The quantitative estimate of drug-likeness (QED) is 0.763. The number of carbonyl (C=O) groups is 1. The third kappa shape index (κ3) is 2.86. The van der Waals surface area contributed by atoms with Crippen LogP contribution >= 0.6 is 35.0 Å². The number of carbonyl (C=O) groups excluding carboxylic acids is 1. The normalized spacial score (nSPS) is 38.4.